The lowest BCUT2D eigenvalue weighted by molar-refractivity contribution is -0.148. The molecule has 1 unspecified atom stereocenters. The average molecular weight is 394 g/mol. The minimum Gasteiger partial charge on any atom is -0.331 e. The van der Waals surface area contributed by atoms with E-state index in [2.05, 4.69) is 37.8 Å². The molecule has 1 amide bonds. The van der Waals surface area contributed by atoms with Crippen LogP contribution in [0.15, 0.2) is 24.3 Å². The number of rotatable bonds is 9. The molecule has 1 fully saturated rings. The Morgan fingerprint density at radius 1 is 1.30 bits per heavy atom. The summed E-state index contributed by atoms with van der Waals surface area (Å²) >= 11 is 1.72. The van der Waals surface area contributed by atoms with Crippen LogP contribution < -0.4 is 0 Å². The number of halogens is 2. The molecule has 148 valence electrons. The Bertz CT molecular complexity index is 699. The minimum atomic E-state index is -3.24. The van der Waals surface area contributed by atoms with Crippen LogP contribution in [0.4, 0.5) is 8.78 Å². The standard InChI is InChI=1S/C22H29F2NOS/c1-3-4-5-6-7-8-9-10-12-19-17-22(23,24)21(26)25(19)16-11-13-20-15-14-18(2)27-20/h10,12,14-15,19H,3-4,7-9,11,13,16-17H2,1-2H3/b12-10+. The number of unbranched alkanes of at least 4 members (excludes halogenated alkanes) is 3. The fraction of sp³-hybridized carbons (Fsp3) is 0.591. The van der Waals surface area contributed by atoms with E-state index in [4.69, 9.17) is 0 Å². The fourth-order valence-corrected chi connectivity index (χ4v) is 4.10. The van der Waals surface area contributed by atoms with E-state index in [0.29, 0.717) is 13.0 Å². The van der Waals surface area contributed by atoms with E-state index in [-0.39, 0.29) is 0 Å². The second-order valence-electron chi connectivity index (χ2n) is 7.01. The molecule has 27 heavy (non-hydrogen) atoms. The molecule has 0 saturated carbocycles. The Kier molecular flexibility index (Phi) is 8.50. The SMILES string of the molecule is CCCC#CCCC/C=C/C1CC(F)(F)C(=O)N1CCCc1ccc(C)s1. The summed E-state index contributed by atoms with van der Waals surface area (Å²) in [5.74, 6) is 1.97. The number of alkyl halides is 2. The van der Waals surface area contributed by atoms with Gasteiger partial charge in [0.25, 0.3) is 5.91 Å². The largest absolute Gasteiger partial charge is 0.331 e. The van der Waals surface area contributed by atoms with E-state index in [1.54, 1.807) is 17.4 Å². The summed E-state index contributed by atoms with van der Waals surface area (Å²) < 4.78 is 27.8. The van der Waals surface area contributed by atoms with Crippen molar-refractivity contribution < 1.29 is 13.6 Å². The molecule has 1 atom stereocenters. The van der Waals surface area contributed by atoms with Crippen molar-refractivity contribution in [2.75, 3.05) is 6.54 Å². The molecular formula is C22H29F2NOS. The number of carbonyl (C=O) groups excluding carboxylic acids is 1. The topological polar surface area (TPSA) is 20.3 Å². The Morgan fingerprint density at radius 2 is 2.07 bits per heavy atom. The minimum absolute atomic E-state index is 0.378. The molecule has 2 nitrogen and oxygen atoms in total. The Balaban J connectivity index is 1.82. The van der Waals surface area contributed by atoms with Crippen molar-refractivity contribution in [1.29, 1.82) is 0 Å². The third-order valence-corrected chi connectivity index (χ3v) is 5.65. The van der Waals surface area contributed by atoms with Gasteiger partial charge in [0.15, 0.2) is 0 Å². The highest BCUT2D eigenvalue weighted by Crippen LogP contribution is 2.34. The highest BCUT2D eigenvalue weighted by Gasteiger charge is 2.52. The number of hydrogen-bond acceptors (Lipinski definition) is 2. The van der Waals surface area contributed by atoms with E-state index in [1.165, 1.54) is 14.7 Å². The number of allylic oxidation sites excluding steroid dienone is 1. The van der Waals surface area contributed by atoms with Crippen LogP contribution in [0.25, 0.3) is 0 Å². The number of carbonyl (C=O) groups is 1. The number of aryl methyl sites for hydroxylation is 2. The van der Waals surface area contributed by atoms with Crippen LogP contribution in [0.1, 0.15) is 61.6 Å². The molecule has 0 bridgehead atoms. The predicted octanol–water partition coefficient (Wildman–Crippen LogP) is 5.76. The van der Waals surface area contributed by atoms with E-state index in [9.17, 15) is 13.6 Å². The molecule has 1 aromatic heterocycles. The van der Waals surface area contributed by atoms with Crippen molar-refractivity contribution >= 4 is 17.2 Å². The second kappa shape index (κ2) is 10.6. The maximum Gasteiger partial charge on any atom is 0.327 e. The molecule has 2 heterocycles. The summed E-state index contributed by atoms with van der Waals surface area (Å²) in [7, 11) is 0. The Hall–Kier alpha value is -1.67. The van der Waals surface area contributed by atoms with Crippen LogP contribution in [-0.4, -0.2) is 29.3 Å². The van der Waals surface area contributed by atoms with E-state index in [1.807, 2.05) is 6.08 Å². The molecule has 0 spiro atoms. The zero-order chi connectivity index (χ0) is 19.7. The first-order chi connectivity index (χ1) is 12.9. The number of likely N-dealkylation sites (tertiary alicyclic amines) is 1. The van der Waals surface area contributed by atoms with E-state index in [0.717, 1.165) is 38.5 Å². The van der Waals surface area contributed by atoms with Crippen LogP contribution in [0.2, 0.25) is 0 Å². The number of hydrogen-bond donors (Lipinski definition) is 0. The molecule has 0 aliphatic carbocycles. The van der Waals surface area contributed by atoms with Crippen LogP contribution >= 0.6 is 11.3 Å². The van der Waals surface area contributed by atoms with Crippen molar-refractivity contribution in [2.24, 2.45) is 0 Å². The number of thiophene rings is 1. The van der Waals surface area contributed by atoms with Gasteiger partial charge in [0.05, 0.1) is 6.04 Å². The van der Waals surface area contributed by atoms with E-state index < -0.39 is 24.3 Å². The number of amides is 1. The van der Waals surface area contributed by atoms with Crippen LogP contribution in [0.3, 0.4) is 0 Å². The molecule has 1 saturated heterocycles. The molecule has 1 aliphatic rings. The molecule has 0 aromatic carbocycles. The summed E-state index contributed by atoms with van der Waals surface area (Å²) in [4.78, 5) is 15.9. The maximum absolute atomic E-state index is 13.9. The van der Waals surface area contributed by atoms with Gasteiger partial charge in [0.2, 0.25) is 0 Å². The lowest BCUT2D eigenvalue weighted by Gasteiger charge is -2.21. The van der Waals surface area contributed by atoms with Crippen molar-refractivity contribution in [3.8, 4) is 11.8 Å². The first-order valence-corrected chi connectivity index (χ1v) is 10.6. The second-order valence-corrected chi connectivity index (χ2v) is 8.39. The number of nitrogens with zero attached hydrogens (tertiary/aromatic N) is 1. The van der Waals surface area contributed by atoms with Crippen molar-refractivity contribution in [2.45, 2.75) is 77.2 Å². The van der Waals surface area contributed by atoms with Gasteiger partial charge in [0.1, 0.15) is 0 Å². The maximum atomic E-state index is 13.9. The van der Waals surface area contributed by atoms with Gasteiger partial charge < -0.3 is 4.90 Å². The van der Waals surface area contributed by atoms with Gasteiger partial charge in [-0.25, -0.2) is 0 Å². The van der Waals surface area contributed by atoms with Gasteiger partial charge in [-0.1, -0.05) is 19.1 Å². The monoisotopic (exact) mass is 393 g/mol. The molecule has 1 aromatic rings. The van der Waals surface area contributed by atoms with Gasteiger partial charge in [-0.3, -0.25) is 4.79 Å². The average Bonchev–Trinajstić information content (AvgIpc) is 3.13. The van der Waals surface area contributed by atoms with Gasteiger partial charge in [-0.2, -0.15) is 8.78 Å². The molecule has 0 radical (unpaired) electrons. The lowest BCUT2D eigenvalue weighted by Crippen LogP contribution is -2.36. The Morgan fingerprint density at radius 3 is 2.78 bits per heavy atom. The fourth-order valence-electron chi connectivity index (χ4n) is 3.17. The van der Waals surface area contributed by atoms with Crippen LogP contribution in [0.5, 0.6) is 0 Å². The van der Waals surface area contributed by atoms with Gasteiger partial charge in [0, 0.05) is 35.6 Å². The first-order valence-electron chi connectivity index (χ1n) is 9.80. The molecule has 0 N–H and O–H groups in total. The van der Waals surface area contributed by atoms with Crippen LogP contribution in [0, 0.1) is 18.8 Å². The van der Waals surface area contributed by atoms with E-state index >= 15 is 0 Å². The Labute approximate surface area is 165 Å². The zero-order valence-electron chi connectivity index (χ0n) is 16.3. The predicted molar refractivity (Wildman–Crippen MR) is 108 cm³/mol. The highest BCUT2D eigenvalue weighted by atomic mass is 32.1. The molecule has 2 rings (SSSR count). The van der Waals surface area contributed by atoms with Crippen molar-refractivity contribution in [1.82, 2.24) is 4.90 Å². The third-order valence-electron chi connectivity index (χ3n) is 4.59. The lowest BCUT2D eigenvalue weighted by atomic mass is 10.1. The smallest absolute Gasteiger partial charge is 0.327 e. The molecule has 1 aliphatic heterocycles. The summed E-state index contributed by atoms with van der Waals surface area (Å²) in [6, 6.07) is 3.64. The van der Waals surface area contributed by atoms with Crippen LogP contribution in [-0.2, 0) is 11.2 Å². The van der Waals surface area contributed by atoms with Crippen molar-refractivity contribution in [3.63, 3.8) is 0 Å². The summed E-state index contributed by atoms with van der Waals surface area (Å²) in [5, 5.41) is 0. The highest BCUT2D eigenvalue weighted by molar-refractivity contribution is 7.11. The molecule has 5 heteroatoms. The van der Waals surface area contributed by atoms with Gasteiger partial charge in [-0.15, -0.1) is 23.2 Å². The zero-order valence-corrected chi connectivity index (χ0v) is 17.1. The normalized spacial score (nSPS) is 18.9. The summed E-state index contributed by atoms with van der Waals surface area (Å²) in [6.07, 6.45) is 9.38. The summed E-state index contributed by atoms with van der Waals surface area (Å²) in [6.45, 7) is 4.53. The van der Waals surface area contributed by atoms with Crippen molar-refractivity contribution in [3.05, 3.63) is 34.0 Å². The quantitative estimate of drug-likeness (QED) is 0.297. The summed E-state index contributed by atoms with van der Waals surface area (Å²) in [5.41, 5.74) is 0. The van der Waals surface area contributed by atoms with Gasteiger partial charge in [-0.05, 0) is 51.2 Å². The third kappa shape index (κ3) is 6.77. The van der Waals surface area contributed by atoms with Gasteiger partial charge >= 0.3 is 5.92 Å². The first kappa shape index (κ1) is 21.6. The molecular weight excluding hydrogens is 364 g/mol.